The maximum Gasteiger partial charge on any atom is 0.136 e. The van der Waals surface area contributed by atoms with Crippen LogP contribution in [-0.4, -0.2) is 0 Å². The van der Waals surface area contributed by atoms with E-state index in [9.17, 15) is 0 Å². The van der Waals surface area contributed by atoms with Gasteiger partial charge >= 0.3 is 0 Å². The summed E-state index contributed by atoms with van der Waals surface area (Å²) in [5.74, 6) is 0.838. The van der Waals surface area contributed by atoms with Crippen LogP contribution in [0.2, 0.25) is 0 Å². The summed E-state index contributed by atoms with van der Waals surface area (Å²) >= 11 is 3.51. The maximum atomic E-state index is 8.73. The van der Waals surface area contributed by atoms with Gasteiger partial charge in [-0.2, -0.15) is 5.26 Å². The molecule has 0 unspecified atom stereocenters. The molecule has 2 rings (SSSR count). The van der Waals surface area contributed by atoms with E-state index >= 15 is 0 Å². The molecule has 0 aliphatic heterocycles. The van der Waals surface area contributed by atoms with Gasteiger partial charge in [0.2, 0.25) is 0 Å². The molecule has 0 aromatic heterocycles. The number of hydrogen-bond donors (Lipinski definition) is 0. The molecule has 0 amide bonds. The summed E-state index contributed by atoms with van der Waals surface area (Å²) in [4.78, 5) is 0. The number of nitrogens with zero attached hydrogens (tertiary/aromatic N) is 1. The van der Waals surface area contributed by atoms with E-state index in [0.717, 1.165) is 26.9 Å². The number of nitriles is 1. The molecule has 0 heterocycles. The normalized spacial score (nSPS) is 9.95. The van der Waals surface area contributed by atoms with E-state index in [0.29, 0.717) is 13.0 Å². The Morgan fingerprint density at radius 2 is 1.89 bits per heavy atom. The number of rotatable bonds is 4. The van der Waals surface area contributed by atoms with E-state index in [-0.39, 0.29) is 0 Å². The highest BCUT2D eigenvalue weighted by Crippen LogP contribution is 2.31. The molecule has 0 saturated carbocycles. The first-order chi connectivity index (χ1) is 9.20. The molecule has 96 valence electrons. The minimum absolute atomic E-state index is 0.415. The summed E-state index contributed by atoms with van der Waals surface area (Å²) in [6.45, 7) is 2.53. The third-order valence-electron chi connectivity index (χ3n) is 2.80. The van der Waals surface area contributed by atoms with Crippen molar-refractivity contribution in [1.82, 2.24) is 0 Å². The fourth-order valence-corrected chi connectivity index (χ4v) is 2.63. The lowest BCUT2D eigenvalue weighted by Gasteiger charge is -2.12. The summed E-state index contributed by atoms with van der Waals surface area (Å²) in [7, 11) is 0. The van der Waals surface area contributed by atoms with Crippen molar-refractivity contribution >= 4 is 15.9 Å². The van der Waals surface area contributed by atoms with Crippen molar-refractivity contribution in [2.75, 3.05) is 0 Å². The predicted molar refractivity (Wildman–Crippen MR) is 79.0 cm³/mol. The highest BCUT2D eigenvalue weighted by atomic mass is 79.9. The zero-order valence-corrected chi connectivity index (χ0v) is 12.3. The Hall–Kier alpha value is -1.79. The molecule has 0 saturated heterocycles. The zero-order chi connectivity index (χ0) is 13.7. The van der Waals surface area contributed by atoms with Crippen LogP contribution in [0.5, 0.6) is 5.75 Å². The molecule has 0 atom stereocenters. The molecule has 19 heavy (non-hydrogen) atoms. The average Bonchev–Trinajstić information content (AvgIpc) is 2.39. The molecule has 3 heteroatoms. The number of ether oxygens (including phenoxy) is 1. The van der Waals surface area contributed by atoms with Crippen LogP contribution < -0.4 is 4.74 Å². The second kappa shape index (κ2) is 6.40. The predicted octanol–water partition coefficient (Wildman–Crippen LogP) is 4.40. The van der Waals surface area contributed by atoms with E-state index in [4.69, 9.17) is 10.00 Å². The van der Waals surface area contributed by atoms with Crippen LogP contribution in [0.4, 0.5) is 0 Å². The minimum atomic E-state index is 0.415. The SMILES string of the molecule is Cc1cc(CC#N)cc(Br)c1OCc1ccccc1. The Balaban J connectivity index is 2.15. The number of aryl methyl sites for hydroxylation is 1. The van der Waals surface area contributed by atoms with Crippen LogP contribution in [0.3, 0.4) is 0 Å². The van der Waals surface area contributed by atoms with Crippen LogP contribution in [-0.2, 0) is 13.0 Å². The molecule has 0 aliphatic carbocycles. The molecule has 0 radical (unpaired) electrons. The monoisotopic (exact) mass is 315 g/mol. The van der Waals surface area contributed by atoms with Gasteiger partial charge in [0.25, 0.3) is 0 Å². The Morgan fingerprint density at radius 3 is 2.53 bits per heavy atom. The van der Waals surface area contributed by atoms with Gasteiger partial charge in [-0.25, -0.2) is 0 Å². The van der Waals surface area contributed by atoms with Crippen molar-refractivity contribution < 1.29 is 4.74 Å². The van der Waals surface area contributed by atoms with Crippen molar-refractivity contribution in [3.05, 3.63) is 63.6 Å². The first-order valence-electron chi connectivity index (χ1n) is 6.03. The molecular weight excluding hydrogens is 302 g/mol. The molecular formula is C16H14BrNO. The fourth-order valence-electron chi connectivity index (χ4n) is 1.91. The zero-order valence-electron chi connectivity index (χ0n) is 10.7. The molecule has 2 nitrogen and oxygen atoms in total. The number of benzene rings is 2. The van der Waals surface area contributed by atoms with Crippen molar-refractivity contribution in [3.63, 3.8) is 0 Å². The maximum absolute atomic E-state index is 8.73. The Morgan fingerprint density at radius 1 is 1.16 bits per heavy atom. The molecule has 0 fully saturated rings. The van der Waals surface area contributed by atoms with Gasteiger partial charge in [-0.05, 0) is 45.6 Å². The summed E-state index contributed by atoms with van der Waals surface area (Å²) in [6.07, 6.45) is 0.415. The third kappa shape index (κ3) is 3.59. The van der Waals surface area contributed by atoms with Crippen LogP contribution in [0.25, 0.3) is 0 Å². The number of hydrogen-bond acceptors (Lipinski definition) is 2. The highest BCUT2D eigenvalue weighted by molar-refractivity contribution is 9.10. The summed E-state index contributed by atoms with van der Waals surface area (Å²) in [6, 6.07) is 16.1. The second-order valence-electron chi connectivity index (χ2n) is 4.33. The molecule has 0 aliphatic rings. The van der Waals surface area contributed by atoms with E-state index in [1.807, 2.05) is 49.4 Å². The first kappa shape index (κ1) is 13.6. The van der Waals surface area contributed by atoms with E-state index < -0.39 is 0 Å². The van der Waals surface area contributed by atoms with Gasteiger partial charge in [-0.15, -0.1) is 0 Å². The Kier molecular flexibility index (Phi) is 4.59. The van der Waals surface area contributed by atoms with Crippen molar-refractivity contribution in [2.24, 2.45) is 0 Å². The molecule has 2 aromatic carbocycles. The Labute approximate surface area is 121 Å². The smallest absolute Gasteiger partial charge is 0.136 e. The van der Waals surface area contributed by atoms with E-state index in [1.54, 1.807) is 0 Å². The quantitative estimate of drug-likeness (QED) is 0.837. The largest absolute Gasteiger partial charge is 0.487 e. The summed E-state index contributed by atoms with van der Waals surface area (Å²) < 4.78 is 6.75. The van der Waals surface area contributed by atoms with Crippen LogP contribution in [0.15, 0.2) is 46.9 Å². The van der Waals surface area contributed by atoms with Crippen molar-refractivity contribution in [1.29, 1.82) is 5.26 Å². The van der Waals surface area contributed by atoms with Gasteiger partial charge in [-0.3, -0.25) is 0 Å². The lowest BCUT2D eigenvalue weighted by molar-refractivity contribution is 0.302. The molecule has 0 spiro atoms. The molecule has 2 aromatic rings. The number of halogens is 1. The van der Waals surface area contributed by atoms with Gasteiger partial charge in [0.05, 0.1) is 17.0 Å². The first-order valence-corrected chi connectivity index (χ1v) is 6.82. The lowest BCUT2D eigenvalue weighted by Crippen LogP contribution is -1.98. The second-order valence-corrected chi connectivity index (χ2v) is 5.19. The van der Waals surface area contributed by atoms with Crippen molar-refractivity contribution in [2.45, 2.75) is 20.0 Å². The van der Waals surface area contributed by atoms with Gasteiger partial charge in [0.1, 0.15) is 12.4 Å². The van der Waals surface area contributed by atoms with Crippen LogP contribution >= 0.6 is 15.9 Å². The van der Waals surface area contributed by atoms with Crippen LogP contribution in [0.1, 0.15) is 16.7 Å². The van der Waals surface area contributed by atoms with E-state index in [2.05, 4.69) is 22.0 Å². The Bertz CT molecular complexity index is 579. The standard InChI is InChI=1S/C16H14BrNO/c1-12-9-14(7-8-18)10-15(17)16(12)19-11-13-5-3-2-4-6-13/h2-6,9-10H,7,11H2,1H3. The van der Waals surface area contributed by atoms with Crippen LogP contribution in [0, 0.1) is 18.3 Å². The third-order valence-corrected chi connectivity index (χ3v) is 3.39. The molecule has 0 N–H and O–H groups in total. The lowest BCUT2D eigenvalue weighted by atomic mass is 10.1. The van der Waals surface area contributed by atoms with E-state index in [1.165, 1.54) is 0 Å². The molecule has 0 bridgehead atoms. The summed E-state index contributed by atoms with van der Waals surface area (Å²) in [5.41, 5.74) is 3.17. The van der Waals surface area contributed by atoms with Gasteiger partial charge < -0.3 is 4.74 Å². The average molecular weight is 316 g/mol. The summed E-state index contributed by atoms with van der Waals surface area (Å²) in [5, 5.41) is 8.73. The highest BCUT2D eigenvalue weighted by Gasteiger charge is 2.08. The topological polar surface area (TPSA) is 33.0 Å². The van der Waals surface area contributed by atoms with Gasteiger partial charge in [0, 0.05) is 0 Å². The van der Waals surface area contributed by atoms with Gasteiger partial charge in [-0.1, -0.05) is 36.4 Å². The van der Waals surface area contributed by atoms with Crippen molar-refractivity contribution in [3.8, 4) is 11.8 Å². The minimum Gasteiger partial charge on any atom is -0.487 e. The van der Waals surface area contributed by atoms with Gasteiger partial charge in [0.15, 0.2) is 0 Å². The fraction of sp³-hybridized carbons (Fsp3) is 0.188.